The van der Waals surface area contributed by atoms with Crippen LogP contribution in [-0.4, -0.2) is 37.9 Å². The van der Waals surface area contributed by atoms with Crippen molar-refractivity contribution in [3.63, 3.8) is 0 Å². The maximum atomic E-state index is 11.2. The quantitative estimate of drug-likeness (QED) is 0.502. The average Bonchev–Trinajstić information content (AvgIpc) is 2.23. The summed E-state index contributed by atoms with van der Waals surface area (Å²) in [7, 11) is 2.42. The molecule has 1 N–H and O–H groups in total. The van der Waals surface area contributed by atoms with Gasteiger partial charge in [-0.15, -0.1) is 0 Å². The molecule has 0 aromatic carbocycles. The fourth-order valence-electron chi connectivity index (χ4n) is 1.05. The van der Waals surface area contributed by atoms with Gasteiger partial charge in [0.2, 0.25) is 0 Å². The van der Waals surface area contributed by atoms with E-state index in [1.807, 2.05) is 0 Å². The lowest BCUT2D eigenvalue weighted by atomic mass is 9.96. The zero-order chi connectivity index (χ0) is 11.1. The zero-order valence-corrected chi connectivity index (χ0v) is 8.65. The Bertz CT molecular complexity index is 185. The smallest absolute Gasteiger partial charge is 0.320 e. The number of esters is 2. The largest absolute Gasteiger partial charge is 0.468 e. The van der Waals surface area contributed by atoms with E-state index >= 15 is 0 Å². The lowest BCUT2D eigenvalue weighted by molar-refractivity contribution is -0.159. The molecule has 1 atom stereocenters. The van der Waals surface area contributed by atoms with Crippen LogP contribution in [0.15, 0.2) is 0 Å². The summed E-state index contributed by atoms with van der Waals surface area (Å²) < 4.78 is 8.92. The summed E-state index contributed by atoms with van der Waals surface area (Å²) in [4.78, 5) is 22.3. The molecule has 0 radical (unpaired) electrons. The van der Waals surface area contributed by atoms with Crippen LogP contribution in [-0.2, 0) is 19.1 Å². The van der Waals surface area contributed by atoms with Crippen molar-refractivity contribution < 1.29 is 24.2 Å². The highest BCUT2D eigenvalue weighted by Gasteiger charge is 2.29. The van der Waals surface area contributed by atoms with Gasteiger partial charge in [-0.05, 0) is 12.3 Å². The summed E-state index contributed by atoms with van der Waals surface area (Å²) in [5, 5.41) is 8.79. The molecule has 0 amide bonds. The Kier molecular flexibility index (Phi) is 5.87. The Balaban J connectivity index is 4.40. The van der Waals surface area contributed by atoms with E-state index in [0.29, 0.717) is 0 Å². The lowest BCUT2D eigenvalue weighted by Gasteiger charge is -2.15. The van der Waals surface area contributed by atoms with Gasteiger partial charge in [0, 0.05) is 6.61 Å². The van der Waals surface area contributed by atoms with Crippen LogP contribution in [0.3, 0.4) is 0 Å². The van der Waals surface area contributed by atoms with Crippen LogP contribution in [0.5, 0.6) is 0 Å². The molecule has 0 aliphatic rings. The molecule has 0 rings (SSSR count). The Morgan fingerprint density at radius 1 is 1.21 bits per heavy atom. The number of carbonyl (C=O) groups is 2. The third-order valence-corrected chi connectivity index (χ3v) is 1.92. The first-order valence-electron chi connectivity index (χ1n) is 4.33. The van der Waals surface area contributed by atoms with Gasteiger partial charge in [-0.3, -0.25) is 9.59 Å². The van der Waals surface area contributed by atoms with Gasteiger partial charge in [0.1, 0.15) is 0 Å². The summed E-state index contributed by atoms with van der Waals surface area (Å²) in [6.07, 6.45) is 0.232. The SMILES string of the molecule is COC(=O)C(CC(C)CO)C(=O)OC. The molecule has 0 bridgehead atoms. The van der Waals surface area contributed by atoms with Gasteiger partial charge in [0.25, 0.3) is 0 Å². The van der Waals surface area contributed by atoms with Crippen LogP contribution in [0.4, 0.5) is 0 Å². The second kappa shape index (κ2) is 6.37. The first-order chi connectivity index (χ1) is 6.56. The molecule has 82 valence electrons. The van der Waals surface area contributed by atoms with Crippen LogP contribution in [0, 0.1) is 11.8 Å². The van der Waals surface area contributed by atoms with Gasteiger partial charge < -0.3 is 14.6 Å². The van der Waals surface area contributed by atoms with Crippen molar-refractivity contribution in [2.24, 2.45) is 11.8 Å². The first kappa shape index (κ1) is 12.9. The highest BCUT2D eigenvalue weighted by Crippen LogP contribution is 2.14. The lowest BCUT2D eigenvalue weighted by Crippen LogP contribution is -2.28. The van der Waals surface area contributed by atoms with Gasteiger partial charge in [-0.2, -0.15) is 0 Å². The number of aliphatic hydroxyl groups is 1. The third kappa shape index (κ3) is 3.74. The van der Waals surface area contributed by atoms with Crippen LogP contribution < -0.4 is 0 Å². The predicted molar refractivity (Wildman–Crippen MR) is 48.4 cm³/mol. The first-order valence-corrected chi connectivity index (χ1v) is 4.33. The molecule has 1 unspecified atom stereocenters. The van der Waals surface area contributed by atoms with E-state index in [4.69, 9.17) is 5.11 Å². The maximum absolute atomic E-state index is 11.2. The molecule has 0 saturated heterocycles. The Morgan fingerprint density at radius 3 is 1.93 bits per heavy atom. The summed E-state index contributed by atoms with van der Waals surface area (Å²) >= 11 is 0. The topological polar surface area (TPSA) is 72.8 Å². The molecule has 0 aromatic rings. The van der Waals surface area contributed by atoms with Crippen LogP contribution in [0.2, 0.25) is 0 Å². The summed E-state index contributed by atoms with van der Waals surface area (Å²) in [6, 6.07) is 0. The zero-order valence-electron chi connectivity index (χ0n) is 8.65. The molecule has 0 fully saturated rings. The van der Waals surface area contributed by atoms with Crippen LogP contribution >= 0.6 is 0 Å². The normalized spacial score (nSPS) is 12.4. The van der Waals surface area contributed by atoms with Gasteiger partial charge in [0.05, 0.1) is 14.2 Å². The van der Waals surface area contributed by atoms with E-state index in [9.17, 15) is 9.59 Å². The number of hydrogen-bond donors (Lipinski definition) is 1. The molecular weight excluding hydrogens is 188 g/mol. The maximum Gasteiger partial charge on any atom is 0.320 e. The Labute approximate surface area is 83.0 Å². The van der Waals surface area contributed by atoms with Crippen molar-refractivity contribution in [2.45, 2.75) is 13.3 Å². The van der Waals surface area contributed by atoms with E-state index < -0.39 is 17.9 Å². The van der Waals surface area contributed by atoms with E-state index in [2.05, 4.69) is 9.47 Å². The van der Waals surface area contributed by atoms with Crippen molar-refractivity contribution in [1.29, 1.82) is 0 Å². The molecular formula is C9H16O5. The monoisotopic (exact) mass is 204 g/mol. The molecule has 0 aliphatic heterocycles. The summed E-state index contributed by atoms with van der Waals surface area (Å²) in [5.74, 6) is -2.33. The van der Waals surface area contributed by atoms with Crippen LogP contribution in [0.1, 0.15) is 13.3 Å². The predicted octanol–water partition coefficient (Wildman–Crippen LogP) is -0.0329. The number of ether oxygens (including phenoxy) is 2. The van der Waals surface area contributed by atoms with Crippen molar-refractivity contribution in [3.05, 3.63) is 0 Å². The number of aliphatic hydroxyl groups excluding tert-OH is 1. The second-order valence-corrected chi connectivity index (χ2v) is 3.12. The number of rotatable bonds is 5. The average molecular weight is 204 g/mol. The van der Waals surface area contributed by atoms with Crippen molar-refractivity contribution >= 4 is 11.9 Å². The van der Waals surface area contributed by atoms with E-state index in [1.54, 1.807) is 6.92 Å². The minimum absolute atomic E-state index is 0.0789. The van der Waals surface area contributed by atoms with Gasteiger partial charge in [-0.25, -0.2) is 0 Å². The molecule has 0 saturated carbocycles. The van der Waals surface area contributed by atoms with Gasteiger partial charge in [-0.1, -0.05) is 6.92 Å². The minimum atomic E-state index is -0.938. The van der Waals surface area contributed by atoms with E-state index in [-0.39, 0.29) is 18.9 Å². The van der Waals surface area contributed by atoms with Crippen molar-refractivity contribution in [3.8, 4) is 0 Å². The highest BCUT2D eigenvalue weighted by molar-refractivity contribution is 5.94. The molecule has 14 heavy (non-hydrogen) atoms. The standard InChI is InChI=1S/C9H16O5/c1-6(5-10)4-7(8(11)13-2)9(12)14-3/h6-7,10H,4-5H2,1-3H3. The summed E-state index contributed by atoms with van der Waals surface area (Å²) in [5.41, 5.74) is 0. The van der Waals surface area contributed by atoms with Gasteiger partial charge in [0.15, 0.2) is 5.92 Å². The number of methoxy groups -OCH3 is 2. The van der Waals surface area contributed by atoms with E-state index in [1.165, 1.54) is 14.2 Å². The highest BCUT2D eigenvalue weighted by atomic mass is 16.5. The fourth-order valence-corrected chi connectivity index (χ4v) is 1.05. The Hall–Kier alpha value is -1.10. The fraction of sp³-hybridized carbons (Fsp3) is 0.778. The third-order valence-electron chi connectivity index (χ3n) is 1.92. The van der Waals surface area contributed by atoms with Gasteiger partial charge >= 0.3 is 11.9 Å². The number of hydrogen-bond acceptors (Lipinski definition) is 5. The Morgan fingerprint density at radius 2 is 1.64 bits per heavy atom. The van der Waals surface area contributed by atoms with Crippen molar-refractivity contribution in [1.82, 2.24) is 0 Å². The summed E-state index contributed by atoms with van der Waals surface area (Å²) in [6.45, 7) is 1.66. The molecule has 0 spiro atoms. The number of carbonyl (C=O) groups excluding carboxylic acids is 2. The van der Waals surface area contributed by atoms with E-state index in [0.717, 1.165) is 0 Å². The molecule has 0 aromatic heterocycles. The molecule has 5 heteroatoms. The molecule has 0 aliphatic carbocycles. The molecule has 5 nitrogen and oxygen atoms in total. The molecule has 0 heterocycles. The minimum Gasteiger partial charge on any atom is -0.468 e. The van der Waals surface area contributed by atoms with Crippen LogP contribution in [0.25, 0.3) is 0 Å². The second-order valence-electron chi connectivity index (χ2n) is 3.12. The van der Waals surface area contributed by atoms with Crippen molar-refractivity contribution in [2.75, 3.05) is 20.8 Å².